The molecule has 3 nitrogen and oxygen atoms in total. The van der Waals surface area contributed by atoms with Crippen LogP contribution in [0.2, 0.25) is 0 Å². The van der Waals surface area contributed by atoms with Crippen molar-refractivity contribution < 1.29 is 38.2 Å². The van der Waals surface area contributed by atoms with Gasteiger partial charge in [0.15, 0.2) is 0 Å². The molecular formula is C49H44IrN2O-2. The second-order valence-electron chi connectivity index (χ2n) is 14.2. The summed E-state index contributed by atoms with van der Waals surface area (Å²) in [6, 6.07) is 40.0. The van der Waals surface area contributed by atoms with Crippen LogP contribution in [0.5, 0.6) is 0 Å². The van der Waals surface area contributed by atoms with Crippen molar-refractivity contribution in [2.24, 2.45) is 5.41 Å². The van der Waals surface area contributed by atoms with Crippen molar-refractivity contribution >= 4 is 32.7 Å². The van der Waals surface area contributed by atoms with Crippen LogP contribution in [-0.2, 0) is 20.1 Å². The van der Waals surface area contributed by atoms with Crippen molar-refractivity contribution in [3.05, 3.63) is 156 Å². The van der Waals surface area contributed by atoms with Gasteiger partial charge in [-0.1, -0.05) is 127 Å². The molecule has 53 heavy (non-hydrogen) atoms. The van der Waals surface area contributed by atoms with E-state index < -0.39 is 26.4 Å². The number of benzene rings is 5. The molecule has 1 saturated carbocycles. The van der Waals surface area contributed by atoms with Crippen LogP contribution in [-0.4, -0.2) is 9.97 Å². The molecule has 0 atom stereocenters. The minimum Gasteiger partial charge on any atom is -0.500 e. The summed E-state index contributed by atoms with van der Waals surface area (Å²) < 4.78 is 85.0. The van der Waals surface area contributed by atoms with Crippen molar-refractivity contribution in [2.75, 3.05) is 0 Å². The first-order valence-electron chi connectivity index (χ1n) is 22.6. The summed E-state index contributed by atoms with van der Waals surface area (Å²) in [6.45, 7) is -3.03. The topological polar surface area (TPSA) is 38.9 Å². The van der Waals surface area contributed by atoms with Crippen LogP contribution in [0.3, 0.4) is 0 Å². The van der Waals surface area contributed by atoms with Gasteiger partial charge in [-0.3, -0.25) is 0 Å². The Morgan fingerprint density at radius 1 is 0.736 bits per heavy atom. The third kappa shape index (κ3) is 7.49. The molecule has 3 heterocycles. The van der Waals surface area contributed by atoms with Gasteiger partial charge in [0.1, 0.15) is 5.58 Å². The first kappa shape index (κ1) is 26.0. The van der Waals surface area contributed by atoms with E-state index in [1.54, 1.807) is 30.3 Å². The van der Waals surface area contributed by atoms with Gasteiger partial charge >= 0.3 is 0 Å². The average Bonchev–Trinajstić information content (AvgIpc) is 3.64. The summed E-state index contributed by atoms with van der Waals surface area (Å²) in [5, 5.41) is 4.47. The zero-order valence-corrected chi connectivity index (χ0v) is 31.9. The van der Waals surface area contributed by atoms with Crippen LogP contribution in [0.25, 0.3) is 66.4 Å². The molecule has 3 aromatic heterocycles. The molecule has 267 valence electrons. The second kappa shape index (κ2) is 15.2. The predicted octanol–water partition coefficient (Wildman–Crippen LogP) is 13.4. The predicted molar refractivity (Wildman–Crippen MR) is 216 cm³/mol. The molecule has 0 saturated heterocycles. The number of fused-ring (bicyclic) bond motifs is 5. The van der Waals surface area contributed by atoms with Crippen molar-refractivity contribution in [3.63, 3.8) is 0 Å². The van der Waals surface area contributed by atoms with Crippen molar-refractivity contribution in [3.8, 4) is 33.6 Å². The molecular weight excluding hydrogens is 825 g/mol. The largest absolute Gasteiger partial charge is 0.500 e. The molecule has 5 aromatic carbocycles. The number of nitrogens with zero attached hydrogens (tertiary/aromatic N) is 2. The molecule has 8 aromatic rings. The number of pyridine rings is 2. The van der Waals surface area contributed by atoms with Gasteiger partial charge in [-0.2, -0.15) is 0 Å². The van der Waals surface area contributed by atoms with E-state index in [1.165, 1.54) is 17.5 Å². The van der Waals surface area contributed by atoms with E-state index in [4.69, 9.17) is 16.8 Å². The maximum atomic E-state index is 9.18. The molecule has 4 heteroatoms. The van der Waals surface area contributed by atoms with Gasteiger partial charge in [0, 0.05) is 57.0 Å². The van der Waals surface area contributed by atoms with E-state index in [0.717, 1.165) is 76.0 Å². The number of aromatic nitrogens is 2. The molecule has 0 unspecified atom stereocenters. The van der Waals surface area contributed by atoms with Crippen molar-refractivity contribution in [1.82, 2.24) is 9.97 Å². The Labute approximate surface area is 340 Å². The summed E-state index contributed by atoms with van der Waals surface area (Å²) in [5.74, 6) is -0.550. The maximum Gasteiger partial charge on any atom is 0.128 e. The third-order valence-electron chi connectivity index (χ3n) is 10.2. The van der Waals surface area contributed by atoms with Gasteiger partial charge in [0.05, 0.1) is 5.58 Å². The molecule has 0 aliphatic heterocycles. The van der Waals surface area contributed by atoms with E-state index in [1.807, 2.05) is 30.5 Å². The molecule has 0 spiro atoms. The van der Waals surface area contributed by atoms with Crippen LogP contribution in [0.15, 0.2) is 126 Å². The molecule has 0 bridgehead atoms. The normalized spacial score (nSPS) is 18.2. The summed E-state index contributed by atoms with van der Waals surface area (Å²) >= 11 is 0. The molecule has 1 fully saturated rings. The molecule has 0 amide bonds. The van der Waals surface area contributed by atoms with Crippen LogP contribution < -0.4 is 0 Å². The number of aryl methyl sites for hydroxylation is 3. The molecule has 9 rings (SSSR count). The van der Waals surface area contributed by atoms with Crippen LogP contribution in [0.1, 0.15) is 81.4 Å². The first-order chi connectivity index (χ1) is 29.2. The van der Waals surface area contributed by atoms with E-state index in [2.05, 4.69) is 78.4 Å². The second-order valence-corrected chi connectivity index (χ2v) is 14.2. The Balaban J connectivity index is 0.000000187. The first-order valence-corrected chi connectivity index (χ1v) is 17.6. The standard InChI is InChI=1S/C29H26NO.C20H18N.Ir/c1-29(2)15-12-19(13-16-29)21-14-17-30-26(18-21)25-9-5-8-23-24-11-10-20-6-3-4-7-22(20)27(24)31-28(23)25;1-14-9-10-18(20-11-15(2)16(3)13-21-20)12-19(14)17-7-5-4-6-8-17;/h3-8,10-11,14,17-19H,12-13,15-16H2,1-2H3;4-9,11-13H,1-3H3;/q2*-1;/i19D;1D3,2D3,3D3;. The number of rotatable bonds is 4. The molecule has 0 N–H and O–H groups in total. The monoisotopic (exact) mass is 879 g/mol. The number of hydrogen-bond donors (Lipinski definition) is 0. The van der Waals surface area contributed by atoms with E-state index >= 15 is 0 Å². The van der Waals surface area contributed by atoms with Gasteiger partial charge in [-0.25, -0.2) is 0 Å². The Bertz CT molecular complexity index is 2930. The minimum absolute atomic E-state index is 0. The smallest absolute Gasteiger partial charge is 0.128 e. The van der Waals surface area contributed by atoms with Gasteiger partial charge < -0.3 is 14.4 Å². The molecule has 1 aliphatic rings. The minimum atomic E-state index is -2.65. The van der Waals surface area contributed by atoms with Crippen molar-refractivity contribution in [1.29, 1.82) is 0 Å². The van der Waals surface area contributed by atoms with E-state index in [-0.39, 0.29) is 42.5 Å². The molecule has 1 radical (unpaired) electrons. The Kier molecular flexibility index (Phi) is 7.46. The Morgan fingerprint density at radius 3 is 2.32 bits per heavy atom. The number of furan rings is 1. The van der Waals surface area contributed by atoms with Gasteiger partial charge in [0.2, 0.25) is 0 Å². The van der Waals surface area contributed by atoms with Gasteiger partial charge in [-0.05, 0) is 84.7 Å². The van der Waals surface area contributed by atoms with Gasteiger partial charge in [0.25, 0.3) is 0 Å². The summed E-state index contributed by atoms with van der Waals surface area (Å²) in [5.41, 5.74) is 5.92. The van der Waals surface area contributed by atoms with E-state index in [0.29, 0.717) is 22.1 Å². The quantitative estimate of drug-likeness (QED) is 0.165. The third-order valence-corrected chi connectivity index (χ3v) is 10.2. The van der Waals surface area contributed by atoms with Crippen LogP contribution in [0.4, 0.5) is 0 Å². The van der Waals surface area contributed by atoms with Crippen molar-refractivity contribution in [2.45, 2.75) is 66.0 Å². The fourth-order valence-corrected chi connectivity index (χ4v) is 7.06. The summed E-state index contributed by atoms with van der Waals surface area (Å²) in [4.78, 5) is 8.81. The Hall–Kier alpha value is -4.89. The van der Waals surface area contributed by atoms with Gasteiger partial charge in [-0.15, -0.1) is 47.5 Å². The summed E-state index contributed by atoms with van der Waals surface area (Å²) in [6.07, 6.45) is 6.80. The zero-order valence-electron chi connectivity index (χ0n) is 39.5. The van der Waals surface area contributed by atoms with E-state index in [9.17, 15) is 1.37 Å². The average molecular weight is 879 g/mol. The fraction of sp³-hybridized carbons (Fsp3) is 0.224. The zero-order chi connectivity index (χ0) is 44.2. The molecule has 1 aliphatic carbocycles. The Morgan fingerprint density at radius 2 is 1.51 bits per heavy atom. The summed E-state index contributed by atoms with van der Waals surface area (Å²) in [7, 11) is 0. The maximum absolute atomic E-state index is 9.18. The SMILES string of the molecule is [2H]C([2H])([2H])c1c[c-]c(-c2cc(C([2H])([2H])[2H])c(C([2H])([2H])[2H])cn2)cc1-c1ccccc1.[2H]C1(c2ccnc(-c3[c-]ccc4c3oc3c5ccccc5ccc43)c2)CCC(C)(C)CC1.[Ir]. The fourth-order valence-electron chi connectivity index (χ4n) is 7.06. The van der Waals surface area contributed by atoms with Crippen LogP contribution in [0, 0.1) is 38.1 Å². The number of hydrogen-bond acceptors (Lipinski definition) is 3. The van der Waals surface area contributed by atoms with Crippen LogP contribution >= 0.6 is 0 Å².